The molecule has 1 aliphatic heterocycles. The van der Waals surface area contributed by atoms with Crippen LogP contribution in [0.1, 0.15) is 57.1 Å². The Morgan fingerprint density at radius 3 is 2.52 bits per heavy atom. The standard InChI is InChI=1S/C18H27F2N3O2/c19-17(20)15-10-16(24)23(13-21-15)11-14-4-8-22(9-5-14)12-18(25)6-2-1-3-7-18/h10,13-14,17,25H,1-9,11-12H2. The van der Waals surface area contributed by atoms with E-state index in [2.05, 4.69) is 9.88 Å². The zero-order valence-corrected chi connectivity index (χ0v) is 14.5. The second kappa shape index (κ2) is 7.91. The molecule has 1 N–H and O–H groups in total. The number of aromatic nitrogens is 2. The molecule has 0 radical (unpaired) electrons. The molecule has 0 atom stereocenters. The molecule has 2 fully saturated rings. The first-order chi connectivity index (χ1) is 12.0. The van der Waals surface area contributed by atoms with Crippen molar-refractivity contribution in [2.45, 2.75) is 63.5 Å². The third kappa shape index (κ3) is 4.85. The largest absolute Gasteiger partial charge is 0.389 e. The average Bonchev–Trinajstić information content (AvgIpc) is 2.58. The molecular formula is C18H27F2N3O2. The zero-order valence-electron chi connectivity index (χ0n) is 14.5. The first kappa shape index (κ1) is 18.5. The summed E-state index contributed by atoms with van der Waals surface area (Å²) in [6.45, 7) is 3.08. The van der Waals surface area contributed by atoms with E-state index < -0.39 is 23.3 Å². The summed E-state index contributed by atoms with van der Waals surface area (Å²) in [6, 6.07) is 0.929. The summed E-state index contributed by atoms with van der Waals surface area (Å²) in [5.41, 5.74) is -1.40. The van der Waals surface area contributed by atoms with Crippen LogP contribution in [0.15, 0.2) is 17.2 Å². The average molecular weight is 355 g/mol. The molecule has 1 saturated heterocycles. The minimum atomic E-state index is -2.71. The number of rotatable bonds is 5. The van der Waals surface area contributed by atoms with Gasteiger partial charge in [-0.3, -0.25) is 9.36 Å². The van der Waals surface area contributed by atoms with E-state index in [0.29, 0.717) is 12.5 Å². The van der Waals surface area contributed by atoms with Gasteiger partial charge in [0.15, 0.2) is 0 Å². The molecule has 3 rings (SSSR count). The maximum absolute atomic E-state index is 12.6. The smallest absolute Gasteiger partial charge is 0.280 e. The van der Waals surface area contributed by atoms with Crippen LogP contribution in [0, 0.1) is 5.92 Å². The number of alkyl halides is 2. The highest BCUT2D eigenvalue weighted by Crippen LogP contribution is 2.30. The van der Waals surface area contributed by atoms with Gasteiger partial charge in [-0.05, 0) is 44.7 Å². The summed E-state index contributed by atoms with van der Waals surface area (Å²) in [4.78, 5) is 17.9. The van der Waals surface area contributed by atoms with Gasteiger partial charge >= 0.3 is 0 Å². The molecule has 25 heavy (non-hydrogen) atoms. The Bertz CT molecular complexity index is 621. The van der Waals surface area contributed by atoms with Crippen molar-refractivity contribution in [2.75, 3.05) is 19.6 Å². The molecule has 0 amide bonds. The van der Waals surface area contributed by atoms with Gasteiger partial charge in [0.25, 0.3) is 12.0 Å². The Kier molecular flexibility index (Phi) is 5.84. The summed E-state index contributed by atoms with van der Waals surface area (Å²) >= 11 is 0. The molecule has 0 aromatic carbocycles. The third-order valence-corrected chi connectivity index (χ3v) is 5.59. The highest BCUT2D eigenvalue weighted by Gasteiger charge is 2.32. The van der Waals surface area contributed by atoms with Crippen molar-refractivity contribution in [1.82, 2.24) is 14.5 Å². The Balaban J connectivity index is 1.50. The van der Waals surface area contributed by atoms with E-state index in [0.717, 1.165) is 64.2 Å². The van der Waals surface area contributed by atoms with Gasteiger partial charge in [-0.25, -0.2) is 13.8 Å². The molecule has 140 valence electrons. The van der Waals surface area contributed by atoms with E-state index in [1.807, 2.05) is 0 Å². The van der Waals surface area contributed by atoms with E-state index >= 15 is 0 Å². The summed E-state index contributed by atoms with van der Waals surface area (Å²) < 4.78 is 26.6. The Labute approximate surface area is 146 Å². The van der Waals surface area contributed by atoms with Crippen LogP contribution in [0.2, 0.25) is 0 Å². The molecule has 5 nitrogen and oxygen atoms in total. The summed E-state index contributed by atoms with van der Waals surface area (Å²) in [6.07, 6.45) is 5.64. The number of halogens is 2. The topological polar surface area (TPSA) is 58.4 Å². The van der Waals surface area contributed by atoms with Gasteiger partial charge in [-0.1, -0.05) is 19.3 Å². The van der Waals surface area contributed by atoms with Crippen LogP contribution in [0.25, 0.3) is 0 Å². The van der Waals surface area contributed by atoms with Gasteiger partial charge in [0.05, 0.1) is 11.9 Å². The predicted octanol–water partition coefficient (Wildman–Crippen LogP) is 2.59. The Morgan fingerprint density at radius 2 is 1.92 bits per heavy atom. The van der Waals surface area contributed by atoms with Crippen molar-refractivity contribution in [3.05, 3.63) is 28.4 Å². The van der Waals surface area contributed by atoms with Gasteiger partial charge in [0.1, 0.15) is 5.69 Å². The van der Waals surface area contributed by atoms with Crippen molar-refractivity contribution in [2.24, 2.45) is 5.92 Å². The van der Waals surface area contributed by atoms with Crippen LogP contribution in [-0.4, -0.2) is 44.8 Å². The predicted molar refractivity (Wildman–Crippen MR) is 90.7 cm³/mol. The molecule has 2 aliphatic rings. The fraction of sp³-hybridized carbons (Fsp3) is 0.778. The lowest BCUT2D eigenvalue weighted by atomic mass is 9.84. The molecule has 1 saturated carbocycles. The number of hydrogen-bond acceptors (Lipinski definition) is 4. The van der Waals surface area contributed by atoms with Crippen molar-refractivity contribution in [1.29, 1.82) is 0 Å². The van der Waals surface area contributed by atoms with Gasteiger partial charge in [-0.2, -0.15) is 0 Å². The fourth-order valence-electron chi connectivity index (χ4n) is 4.09. The molecule has 1 aromatic heterocycles. The molecule has 2 heterocycles. The highest BCUT2D eigenvalue weighted by atomic mass is 19.3. The first-order valence-corrected chi connectivity index (χ1v) is 9.24. The summed E-state index contributed by atoms with van der Waals surface area (Å²) in [5, 5.41) is 10.7. The quantitative estimate of drug-likeness (QED) is 0.882. The normalized spacial score (nSPS) is 22.4. The Morgan fingerprint density at radius 1 is 1.24 bits per heavy atom. The van der Waals surface area contributed by atoms with Crippen LogP contribution >= 0.6 is 0 Å². The lowest BCUT2D eigenvalue weighted by Gasteiger charge is -2.40. The van der Waals surface area contributed by atoms with Crippen LogP contribution in [0.4, 0.5) is 8.78 Å². The van der Waals surface area contributed by atoms with Gasteiger partial charge in [-0.15, -0.1) is 0 Å². The van der Waals surface area contributed by atoms with Gasteiger partial charge in [0.2, 0.25) is 0 Å². The van der Waals surface area contributed by atoms with E-state index in [1.165, 1.54) is 17.3 Å². The molecule has 1 aromatic rings. The monoisotopic (exact) mass is 355 g/mol. The maximum atomic E-state index is 12.6. The summed E-state index contributed by atoms with van der Waals surface area (Å²) in [5.74, 6) is 0.342. The van der Waals surface area contributed by atoms with Gasteiger partial charge < -0.3 is 10.0 Å². The van der Waals surface area contributed by atoms with E-state index in [9.17, 15) is 18.7 Å². The molecule has 0 bridgehead atoms. The minimum Gasteiger partial charge on any atom is -0.389 e. The second-order valence-corrected chi connectivity index (χ2v) is 7.61. The van der Waals surface area contributed by atoms with E-state index in [4.69, 9.17) is 0 Å². The van der Waals surface area contributed by atoms with Crippen LogP contribution in [-0.2, 0) is 6.54 Å². The molecule has 0 spiro atoms. The molecular weight excluding hydrogens is 328 g/mol. The Hall–Kier alpha value is -1.34. The second-order valence-electron chi connectivity index (χ2n) is 7.61. The van der Waals surface area contributed by atoms with Crippen LogP contribution in [0.5, 0.6) is 0 Å². The zero-order chi connectivity index (χ0) is 17.9. The summed E-state index contributed by atoms with van der Waals surface area (Å²) in [7, 11) is 0. The lowest BCUT2D eigenvalue weighted by molar-refractivity contribution is -0.0331. The van der Waals surface area contributed by atoms with E-state index in [1.54, 1.807) is 0 Å². The molecule has 7 heteroatoms. The first-order valence-electron chi connectivity index (χ1n) is 9.24. The van der Waals surface area contributed by atoms with Crippen molar-refractivity contribution in [3.63, 3.8) is 0 Å². The van der Waals surface area contributed by atoms with Crippen LogP contribution < -0.4 is 5.56 Å². The number of nitrogens with zero attached hydrogens (tertiary/aromatic N) is 3. The lowest BCUT2D eigenvalue weighted by Crippen LogP contribution is -2.47. The number of aliphatic hydroxyl groups is 1. The van der Waals surface area contributed by atoms with Crippen molar-refractivity contribution < 1.29 is 13.9 Å². The fourth-order valence-corrected chi connectivity index (χ4v) is 4.09. The minimum absolute atomic E-state index is 0.342. The third-order valence-electron chi connectivity index (χ3n) is 5.59. The van der Waals surface area contributed by atoms with Crippen molar-refractivity contribution >= 4 is 0 Å². The SMILES string of the molecule is O=c1cc(C(F)F)ncn1CC1CCN(CC2(O)CCCCC2)CC1. The molecule has 1 aliphatic carbocycles. The van der Waals surface area contributed by atoms with E-state index in [-0.39, 0.29) is 0 Å². The van der Waals surface area contributed by atoms with Gasteiger partial charge in [0, 0.05) is 19.2 Å². The number of β-amino-alcohol motifs (C(OH)–C–C–N with tert-alkyl or cyclic N) is 1. The maximum Gasteiger partial charge on any atom is 0.280 e. The number of likely N-dealkylation sites (tertiary alicyclic amines) is 1. The van der Waals surface area contributed by atoms with Crippen LogP contribution in [0.3, 0.4) is 0 Å². The number of hydrogen-bond donors (Lipinski definition) is 1. The van der Waals surface area contributed by atoms with Crippen molar-refractivity contribution in [3.8, 4) is 0 Å². The highest BCUT2D eigenvalue weighted by molar-refractivity contribution is 5.01. The molecule has 0 unspecified atom stereocenters. The number of piperidine rings is 1.